The number of nitrogens with one attached hydrogen (secondary N) is 2. The zero-order chi connectivity index (χ0) is 24.0. The maximum atomic E-state index is 13.2. The minimum Gasteiger partial charge on any atom is -0.493 e. The third kappa shape index (κ3) is 5.82. The Bertz CT molecular complexity index is 1070. The molecule has 7 heteroatoms. The van der Waals surface area contributed by atoms with Crippen LogP contribution in [0.4, 0.5) is 11.4 Å². The van der Waals surface area contributed by atoms with E-state index in [4.69, 9.17) is 4.74 Å². The van der Waals surface area contributed by atoms with Crippen molar-refractivity contribution in [2.45, 2.75) is 46.6 Å². The average molecular weight is 450 g/mol. The summed E-state index contributed by atoms with van der Waals surface area (Å²) in [6.07, 6.45) is 1.65. The minimum absolute atomic E-state index is 0.124. The van der Waals surface area contributed by atoms with Gasteiger partial charge in [0.05, 0.1) is 18.2 Å². The molecule has 1 heterocycles. The third-order valence-corrected chi connectivity index (χ3v) is 5.58. The molecule has 0 aliphatic carbocycles. The number of carbonyl (C=O) groups is 2. The van der Waals surface area contributed by atoms with Gasteiger partial charge in [0.2, 0.25) is 5.91 Å². The van der Waals surface area contributed by atoms with Gasteiger partial charge in [-0.05, 0) is 56.2 Å². The van der Waals surface area contributed by atoms with E-state index in [1.807, 2.05) is 62.8 Å². The van der Waals surface area contributed by atoms with Crippen molar-refractivity contribution in [1.29, 1.82) is 0 Å². The Kier molecular flexibility index (Phi) is 7.91. The Morgan fingerprint density at radius 2 is 1.94 bits per heavy atom. The second kappa shape index (κ2) is 10.8. The smallest absolute Gasteiger partial charge is 0.255 e. The van der Waals surface area contributed by atoms with Crippen molar-refractivity contribution >= 4 is 29.1 Å². The van der Waals surface area contributed by atoms with Crippen LogP contribution in [0.5, 0.6) is 5.75 Å². The number of ether oxygens (including phenoxy) is 1. The summed E-state index contributed by atoms with van der Waals surface area (Å²) in [5, 5.41) is 5.85. The van der Waals surface area contributed by atoms with Gasteiger partial charge in [0.25, 0.3) is 5.91 Å². The van der Waals surface area contributed by atoms with Crippen LogP contribution in [0.25, 0.3) is 0 Å². The van der Waals surface area contributed by atoms with Crippen LogP contribution in [0.1, 0.15) is 62.5 Å². The number of anilines is 2. The van der Waals surface area contributed by atoms with E-state index in [1.54, 1.807) is 18.2 Å². The van der Waals surface area contributed by atoms with E-state index in [0.29, 0.717) is 29.3 Å². The first kappa shape index (κ1) is 24.1. The predicted molar refractivity (Wildman–Crippen MR) is 129 cm³/mol. The highest BCUT2D eigenvalue weighted by molar-refractivity contribution is 6.00. The Morgan fingerprint density at radius 1 is 1.15 bits per heavy atom. The molecule has 1 aliphatic rings. The maximum absolute atomic E-state index is 13.2. The normalized spacial score (nSPS) is 14.1. The largest absolute Gasteiger partial charge is 0.493 e. The summed E-state index contributed by atoms with van der Waals surface area (Å²) in [7, 11) is 0. The number of allylic oxidation sites excluding steroid dienone is 1. The van der Waals surface area contributed by atoms with Gasteiger partial charge in [-0.3, -0.25) is 9.59 Å². The quantitative estimate of drug-likeness (QED) is 0.580. The predicted octanol–water partition coefficient (Wildman–Crippen LogP) is 4.49. The molecular formula is C26H31N3O4. The van der Waals surface area contributed by atoms with Crippen LogP contribution in [0.15, 0.2) is 48.2 Å². The van der Waals surface area contributed by atoms with Crippen molar-refractivity contribution in [3.05, 3.63) is 59.3 Å². The van der Waals surface area contributed by atoms with E-state index >= 15 is 0 Å². The maximum Gasteiger partial charge on any atom is 0.255 e. The topological polar surface area (TPSA) is 87.7 Å². The summed E-state index contributed by atoms with van der Waals surface area (Å²) in [5.74, 6) is 1.89. The van der Waals surface area contributed by atoms with Gasteiger partial charge in [0, 0.05) is 30.3 Å². The second-order valence-electron chi connectivity index (χ2n) is 8.38. The molecule has 0 saturated carbocycles. The van der Waals surface area contributed by atoms with E-state index in [1.165, 1.54) is 0 Å². The first-order valence-corrected chi connectivity index (χ1v) is 11.3. The molecule has 33 heavy (non-hydrogen) atoms. The molecule has 174 valence electrons. The fourth-order valence-corrected chi connectivity index (χ4v) is 3.74. The molecule has 0 spiro atoms. The molecule has 1 unspecified atom stereocenters. The zero-order valence-electron chi connectivity index (χ0n) is 19.6. The summed E-state index contributed by atoms with van der Waals surface area (Å²) in [6.45, 7) is 8.57. The number of nitrogens with zero attached hydrogens (tertiary/aromatic N) is 1. The van der Waals surface area contributed by atoms with Crippen molar-refractivity contribution in [2.75, 3.05) is 23.4 Å². The number of hydrogen-bond donors (Lipinski definition) is 2. The highest BCUT2D eigenvalue weighted by atomic mass is 16.5. The SMILES string of the molecule is CCOc1ccc(NC(=O)C(C)C)cc1C(=O)NC(C)c1cccc(N2CCCC2=C=O)c1. The Hall–Kier alpha value is -3.57. The zero-order valence-corrected chi connectivity index (χ0v) is 19.6. The number of rotatable bonds is 8. The summed E-state index contributed by atoms with van der Waals surface area (Å²) < 4.78 is 5.64. The molecule has 0 bridgehead atoms. The van der Waals surface area contributed by atoms with Gasteiger partial charge in [-0.2, -0.15) is 0 Å². The lowest BCUT2D eigenvalue weighted by Gasteiger charge is -2.21. The van der Waals surface area contributed by atoms with Gasteiger partial charge in [-0.1, -0.05) is 26.0 Å². The van der Waals surface area contributed by atoms with E-state index in [9.17, 15) is 14.4 Å². The van der Waals surface area contributed by atoms with Gasteiger partial charge >= 0.3 is 0 Å². The number of carbonyl (C=O) groups excluding carboxylic acids is 3. The molecule has 7 nitrogen and oxygen atoms in total. The lowest BCUT2D eigenvalue weighted by atomic mass is 10.1. The molecular weight excluding hydrogens is 418 g/mol. The number of hydrogen-bond acceptors (Lipinski definition) is 5. The standard InChI is InChI=1S/C26H31N3O4/c1-5-33-24-12-11-20(28-25(31)17(2)3)15-23(24)26(32)27-18(4)19-8-6-9-21(14-19)29-13-7-10-22(29)16-30/h6,8-9,11-12,14-15,17-18H,5,7,10,13H2,1-4H3,(H,27,32)(H,28,31). The van der Waals surface area contributed by atoms with E-state index in [-0.39, 0.29) is 23.8 Å². The fourth-order valence-electron chi connectivity index (χ4n) is 3.74. The molecule has 2 aromatic rings. The highest BCUT2D eigenvalue weighted by Gasteiger charge is 2.22. The van der Waals surface area contributed by atoms with Crippen molar-refractivity contribution < 1.29 is 19.1 Å². The average Bonchev–Trinajstić information content (AvgIpc) is 3.29. The lowest BCUT2D eigenvalue weighted by Crippen LogP contribution is -2.27. The molecule has 2 N–H and O–H groups in total. The van der Waals surface area contributed by atoms with E-state index < -0.39 is 0 Å². The summed E-state index contributed by atoms with van der Waals surface area (Å²) in [4.78, 5) is 38.4. The monoisotopic (exact) mass is 449 g/mol. The highest BCUT2D eigenvalue weighted by Crippen LogP contribution is 2.29. The molecule has 0 radical (unpaired) electrons. The summed E-state index contributed by atoms with van der Waals surface area (Å²) in [5.41, 5.74) is 3.38. The Morgan fingerprint density at radius 3 is 2.64 bits per heavy atom. The lowest BCUT2D eigenvalue weighted by molar-refractivity contribution is -0.118. The van der Waals surface area contributed by atoms with Crippen molar-refractivity contribution in [2.24, 2.45) is 5.92 Å². The molecule has 1 fully saturated rings. The number of benzene rings is 2. The molecule has 1 atom stereocenters. The van der Waals surface area contributed by atoms with E-state index in [2.05, 4.69) is 10.6 Å². The molecule has 0 aromatic heterocycles. The first-order chi connectivity index (χ1) is 15.8. The van der Waals surface area contributed by atoms with Crippen LogP contribution in [0.3, 0.4) is 0 Å². The van der Waals surface area contributed by atoms with Gasteiger partial charge in [-0.15, -0.1) is 0 Å². The number of amides is 2. The second-order valence-corrected chi connectivity index (χ2v) is 8.38. The van der Waals surface area contributed by atoms with Crippen LogP contribution in [0.2, 0.25) is 0 Å². The van der Waals surface area contributed by atoms with Crippen LogP contribution < -0.4 is 20.3 Å². The van der Waals surface area contributed by atoms with E-state index in [0.717, 1.165) is 30.6 Å². The molecule has 1 saturated heterocycles. The van der Waals surface area contributed by atoms with Crippen molar-refractivity contribution in [3.63, 3.8) is 0 Å². The van der Waals surface area contributed by atoms with Gasteiger partial charge < -0.3 is 20.3 Å². The minimum atomic E-state index is -0.299. The van der Waals surface area contributed by atoms with Crippen LogP contribution >= 0.6 is 0 Å². The fraction of sp³-hybridized carbons (Fsp3) is 0.385. The third-order valence-electron chi connectivity index (χ3n) is 5.58. The van der Waals surface area contributed by atoms with Gasteiger partial charge in [0.1, 0.15) is 17.4 Å². The molecule has 1 aliphatic heterocycles. The van der Waals surface area contributed by atoms with Crippen LogP contribution in [0, 0.1) is 5.92 Å². The van der Waals surface area contributed by atoms with Crippen LogP contribution in [-0.2, 0) is 9.59 Å². The van der Waals surface area contributed by atoms with Crippen LogP contribution in [-0.4, -0.2) is 30.9 Å². The first-order valence-electron chi connectivity index (χ1n) is 11.3. The van der Waals surface area contributed by atoms with Gasteiger partial charge in [-0.25, -0.2) is 4.79 Å². The van der Waals surface area contributed by atoms with Crippen molar-refractivity contribution in [1.82, 2.24) is 5.32 Å². The molecule has 2 aromatic carbocycles. The summed E-state index contributed by atoms with van der Waals surface area (Å²) >= 11 is 0. The Labute approximate surface area is 194 Å². The summed E-state index contributed by atoms with van der Waals surface area (Å²) in [6, 6.07) is 12.6. The molecule has 2 amide bonds. The Balaban J connectivity index is 1.80. The molecule has 3 rings (SSSR count). The van der Waals surface area contributed by atoms with Gasteiger partial charge in [0.15, 0.2) is 0 Å². The van der Waals surface area contributed by atoms with Crippen molar-refractivity contribution in [3.8, 4) is 5.75 Å².